The van der Waals surface area contributed by atoms with Crippen molar-refractivity contribution in [2.45, 2.75) is 39.0 Å². The van der Waals surface area contributed by atoms with Crippen molar-refractivity contribution in [3.63, 3.8) is 0 Å². The van der Waals surface area contributed by atoms with Crippen LogP contribution in [0.2, 0.25) is 0 Å². The van der Waals surface area contributed by atoms with E-state index in [1.54, 1.807) is 6.07 Å². The molecule has 0 fully saturated rings. The molecule has 0 saturated heterocycles. The van der Waals surface area contributed by atoms with Gasteiger partial charge in [0.15, 0.2) is 0 Å². The molecule has 0 bridgehead atoms. The molecule has 0 aliphatic heterocycles. The van der Waals surface area contributed by atoms with Gasteiger partial charge in [0.05, 0.1) is 0 Å². The van der Waals surface area contributed by atoms with Crippen molar-refractivity contribution in [3.8, 4) is 0 Å². The van der Waals surface area contributed by atoms with Crippen LogP contribution in [0, 0.1) is 12.7 Å². The monoisotopic (exact) mass is 237 g/mol. The van der Waals surface area contributed by atoms with Gasteiger partial charge in [0.2, 0.25) is 0 Å². The number of benzene rings is 1. The summed E-state index contributed by atoms with van der Waals surface area (Å²) in [6.45, 7) is 2.52. The standard InChI is InChI=1S/C14H20FNO/c1-11-9-13(15)7-6-12(11)10-14(17)5-3-2-4-8-16/h6-7,9H,2-5,8,10,16H2,1H3. The van der Waals surface area contributed by atoms with Crippen molar-refractivity contribution in [3.05, 3.63) is 35.1 Å². The first kappa shape index (κ1) is 13.8. The highest BCUT2D eigenvalue weighted by atomic mass is 19.1. The van der Waals surface area contributed by atoms with Gasteiger partial charge in [-0.15, -0.1) is 0 Å². The van der Waals surface area contributed by atoms with Crippen LogP contribution in [0.5, 0.6) is 0 Å². The van der Waals surface area contributed by atoms with Gasteiger partial charge in [0.1, 0.15) is 11.6 Å². The Morgan fingerprint density at radius 3 is 2.71 bits per heavy atom. The minimum absolute atomic E-state index is 0.219. The molecular formula is C14H20FNO. The SMILES string of the molecule is Cc1cc(F)ccc1CC(=O)CCCCCN. The first-order valence-corrected chi connectivity index (χ1v) is 6.10. The molecule has 94 valence electrons. The van der Waals surface area contributed by atoms with E-state index < -0.39 is 0 Å². The third kappa shape index (κ3) is 5.09. The van der Waals surface area contributed by atoms with Crippen molar-refractivity contribution in [2.75, 3.05) is 6.54 Å². The van der Waals surface area contributed by atoms with Gasteiger partial charge in [-0.25, -0.2) is 4.39 Å². The fourth-order valence-electron chi connectivity index (χ4n) is 1.80. The van der Waals surface area contributed by atoms with Crippen LogP contribution in [-0.4, -0.2) is 12.3 Å². The molecule has 17 heavy (non-hydrogen) atoms. The number of ketones is 1. The second-order valence-electron chi connectivity index (χ2n) is 4.39. The Bertz CT molecular complexity index is 376. The molecular weight excluding hydrogens is 217 g/mol. The Morgan fingerprint density at radius 2 is 2.06 bits per heavy atom. The van der Waals surface area contributed by atoms with Gasteiger partial charge in [-0.05, 0) is 49.6 Å². The largest absolute Gasteiger partial charge is 0.330 e. The molecule has 0 aromatic heterocycles. The quantitative estimate of drug-likeness (QED) is 0.741. The Morgan fingerprint density at radius 1 is 1.29 bits per heavy atom. The van der Waals surface area contributed by atoms with Crippen molar-refractivity contribution in [1.82, 2.24) is 0 Å². The van der Waals surface area contributed by atoms with E-state index in [9.17, 15) is 9.18 Å². The lowest BCUT2D eigenvalue weighted by Gasteiger charge is -2.05. The topological polar surface area (TPSA) is 43.1 Å². The normalized spacial score (nSPS) is 10.5. The van der Waals surface area contributed by atoms with Crippen LogP contribution < -0.4 is 5.73 Å². The molecule has 0 aliphatic rings. The van der Waals surface area contributed by atoms with E-state index in [0.29, 0.717) is 19.4 Å². The number of nitrogens with two attached hydrogens (primary N) is 1. The lowest BCUT2D eigenvalue weighted by atomic mass is 10.0. The van der Waals surface area contributed by atoms with Gasteiger partial charge in [-0.3, -0.25) is 4.79 Å². The number of carbonyl (C=O) groups excluding carboxylic acids is 1. The summed E-state index contributed by atoms with van der Waals surface area (Å²) in [7, 11) is 0. The molecule has 3 heteroatoms. The summed E-state index contributed by atoms with van der Waals surface area (Å²) in [5, 5.41) is 0. The highest BCUT2D eigenvalue weighted by Crippen LogP contribution is 2.12. The first-order valence-electron chi connectivity index (χ1n) is 6.10. The van der Waals surface area contributed by atoms with Crippen LogP contribution in [0.15, 0.2) is 18.2 Å². The summed E-state index contributed by atoms with van der Waals surface area (Å²) in [5.74, 6) is -0.0293. The molecule has 2 N–H and O–H groups in total. The van der Waals surface area contributed by atoms with E-state index >= 15 is 0 Å². The van der Waals surface area contributed by atoms with Crippen LogP contribution in [0.1, 0.15) is 36.8 Å². The summed E-state index contributed by atoms with van der Waals surface area (Å²) < 4.78 is 12.9. The Balaban J connectivity index is 2.40. The number of unbranched alkanes of at least 4 members (excludes halogenated alkanes) is 2. The van der Waals surface area contributed by atoms with Gasteiger partial charge in [0.25, 0.3) is 0 Å². The van der Waals surface area contributed by atoms with Gasteiger partial charge in [-0.1, -0.05) is 12.5 Å². The summed E-state index contributed by atoms with van der Waals surface area (Å²) >= 11 is 0. The van der Waals surface area contributed by atoms with Crippen LogP contribution >= 0.6 is 0 Å². The zero-order valence-corrected chi connectivity index (χ0v) is 10.3. The predicted octanol–water partition coefficient (Wildman–Crippen LogP) is 2.76. The number of rotatable bonds is 7. The van der Waals surface area contributed by atoms with Gasteiger partial charge < -0.3 is 5.73 Å². The predicted molar refractivity (Wildman–Crippen MR) is 67.4 cm³/mol. The number of halogens is 1. The van der Waals surface area contributed by atoms with E-state index in [1.165, 1.54) is 12.1 Å². The third-order valence-corrected chi connectivity index (χ3v) is 2.85. The maximum absolute atomic E-state index is 12.9. The van der Waals surface area contributed by atoms with Crippen molar-refractivity contribution >= 4 is 5.78 Å². The highest BCUT2D eigenvalue weighted by molar-refractivity contribution is 5.81. The molecule has 0 saturated carbocycles. The summed E-state index contributed by atoms with van der Waals surface area (Å²) in [6, 6.07) is 4.57. The smallest absolute Gasteiger partial charge is 0.137 e. The molecule has 1 rings (SSSR count). The molecule has 0 unspecified atom stereocenters. The second-order valence-corrected chi connectivity index (χ2v) is 4.39. The first-order chi connectivity index (χ1) is 8.13. The number of carbonyl (C=O) groups is 1. The van der Waals surface area contributed by atoms with E-state index in [4.69, 9.17) is 5.73 Å². The molecule has 1 aromatic rings. The second kappa shape index (κ2) is 7.17. The Hall–Kier alpha value is -1.22. The van der Waals surface area contributed by atoms with Gasteiger partial charge in [0, 0.05) is 12.8 Å². The van der Waals surface area contributed by atoms with E-state index in [-0.39, 0.29) is 11.6 Å². The lowest BCUT2D eigenvalue weighted by Crippen LogP contribution is -2.05. The fraction of sp³-hybridized carbons (Fsp3) is 0.500. The van der Waals surface area contributed by atoms with Crippen molar-refractivity contribution in [1.29, 1.82) is 0 Å². The van der Waals surface area contributed by atoms with Crippen LogP contribution in [0.4, 0.5) is 4.39 Å². The third-order valence-electron chi connectivity index (χ3n) is 2.85. The average molecular weight is 237 g/mol. The average Bonchev–Trinajstić information content (AvgIpc) is 2.28. The number of aryl methyl sites for hydroxylation is 1. The molecule has 0 aliphatic carbocycles. The van der Waals surface area contributed by atoms with Gasteiger partial charge in [-0.2, -0.15) is 0 Å². The number of hydrogen-bond acceptors (Lipinski definition) is 2. The molecule has 0 heterocycles. The number of hydrogen-bond donors (Lipinski definition) is 1. The van der Waals surface area contributed by atoms with Gasteiger partial charge >= 0.3 is 0 Å². The fourth-order valence-corrected chi connectivity index (χ4v) is 1.80. The molecule has 0 radical (unpaired) electrons. The lowest BCUT2D eigenvalue weighted by molar-refractivity contribution is -0.118. The Labute approximate surface area is 102 Å². The number of Topliss-reactive ketones (excluding diaryl/α,β-unsaturated/α-hetero) is 1. The van der Waals surface area contributed by atoms with E-state index in [0.717, 1.165) is 30.4 Å². The zero-order valence-electron chi connectivity index (χ0n) is 10.3. The van der Waals surface area contributed by atoms with Crippen LogP contribution in [-0.2, 0) is 11.2 Å². The highest BCUT2D eigenvalue weighted by Gasteiger charge is 2.06. The minimum Gasteiger partial charge on any atom is -0.330 e. The Kier molecular flexibility index (Phi) is 5.84. The zero-order chi connectivity index (χ0) is 12.7. The summed E-state index contributed by atoms with van der Waals surface area (Å²) in [4.78, 5) is 11.7. The minimum atomic E-state index is -0.248. The van der Waals surface area contributed by atoms with Crippen molar-refractivity contribution < 1.29 is 9.18 Å². The summed E-state index contributed by atoms with van der Waals surface area (Å²) in [5.41, 5.74) is 7.16. The summed E-state index contributed by atoms with van der Waals surface area (Å²) in [6.07, 6.45) is 3.88. The van der Waals surface area contributed by atoms with Crippen LogP contribution in [0.25, 0.3) is 0 Å². The maximum atomic E-state index is 12.9. The molecule has 0 atom stereocenters. The maximum Gasteiger partial charge on any atom is 0.137 e. The van der Waals surface area contributed by atoms with E-state index in [1.807, 2.05) is 6.92 Å². The van der Waals surface area contributed by atoms with E-state index in [2.05, 4.69) is 0 Å². The van der Waals surface area contributed by atoms with Crippen molar-refractivity contribution in [2.24, 2.45) is 5.73 Å². The molecule has 2 nitrogen and oxygen atoms in total. The molecule has 0 amide bonds. The molecule has 1 aromatic carbocycles. The van der Waals surface area contributed by atoms with Crippen LogP contribution in [0.3, 0.4) is 0 Å². The molecule has 0 spiro atoms.